The van der Waals surface area contributed by atoms with Crippen molar-refractivity contribution in [1.29, 1.82) is 0 Å². The van der Waals surface area contributed by atoms with Gasteiger partial charge in [-0.3, -0.25) is 4.79 Å². The fourth-order valence-corrected chi connectivity index (χ4v) is 1.55. The summed E-state index contributed by atoms with van der Waals surface area (Å²) in [5.41, 5.74) is 0.651. The molecule has 6 heteroatoms. The summed E-state index contributed by atoms with van der Waals surface area (Å²) in [6.07, 6.45) is 0. The van der Waals surface area contributed by atoms with Crippen LogP contribution in [0.5, 0.6) is 5.75 Å². The smallest absolute Gasteiger partial charge is 0.322 e. The van der Waals surface area contributed by atoms with Crippen molar-refractivity contribution in [2.45, 2.75) is 12.6 Å². The predicted molar refractivity (Wildman–Crippen MR) is 65.1 cm³/mol. The molecule has 1 aromatic rings. The Morgan fingerprint density at radius 1 is 1.56 bits per heavy atom. The van der Waals surface area contributed by atoms with Gasteiger partial charge < -0.3 is 20.5 Å². The van der Waals surface area contributed by atoms with Crippen LogP contribution in [-0.2, 0) is 11.3 Å². The van der Waals surface area contributed by atoms with Crippen LogP contribution in [0.25, 0.3) is 0 Å². The van der Waals surface area contributed by atoms with E-state index >= 15 is 0 Å². The van der Waals surface area contributed by atoms with Gasteiger partial charge in [-0.15, -0.1) is 0 Å². The van der Waals surface area contributed by atoms with Gasteiger partial charge in [0, 0.05) is 18.7 Å². The van der Waals surface area contributed by atoms with E-state index in [2.05, 4.69) is 10.6 Å². The molecule has 0 fully saturated rings. The fraction of sp³-hybridized carbons (Fsp3) is 0.417. The summed E-state index contributed by atoms with van der Waals surface area (Å²) in [6, 6.07) is 3.54. The molecule has 0 saturated heterocycles. The Morgan fingerprint density at radius 3 is 2.83 bits per heavy atom. The number of carbonyl (C=O) groups is 1. The summed E-state index contributed by atoms with van der Waals surface area (Å²) in [6.45, 7) is 0.581. The molecule has 0 bridgehead atoms. The number of nitrogens with one attached hydrogen (secondary N) is 2. The Kier molecular flexibility index (Phi) is 5.54. The number of benzene rings is 1. The number of hydrogen-bond acceptors (Lipinski definition) is 4. The van der Waals surface area contributed by atoms with E-state index in [0.717, 1.165) is 0 Å². The third-order valence-electron chi connectivity index (χ3n) is 2.55. The zero-order valence-corrected chi connectivity index (χ0v) is 10.4. The van der Waals surface area contributed by atoms with E-state index in [0.29, 0.717) is 17.9 Å². The standard InChI is InChI=1S/C12H17FN2O3/c1-14-10(12(16)17)7-15-6-8-5-9(13)3-4-11(8)18-2/h3-5,10,14-15H,6-7H2,1-2H3,(H,16,17). The highest BCUT2D eigenvalue weighted by Gasteiger charge is 2.14. The molecule has 0 heterocycles. The monoisotopic (exact) mass is 256 g/mol. The molecule has 0 aliphatic heterocycles. The number of aliphatic carboxylic acids is 1. The van der Waals surface area contributed by atoms with Crippen LogP contribution in [0.3, 0.4) is 0 Å². The predicted octanol–water partition coefficient (Wildman–Crippen LogP) is 0.596. The Morgan fingerprint density at radius 2 is 2.28 bits per heavy atom. The SMILES string of the molecule is CNC(CNCc1cc(F)ccc1OC)C(=O)O. The van der Waals surface area contributed by atoms with Crippen LogP contribution in [0, 0.1) is 5.82 Å². The van der Waals surface area contributed by atoms with Crippen molar-refractivity contribution in [1.82, 2.24) is 10.6 Å². The minimum atomic E-state index is -0.934. The van der Waals surface area contributed by atoms with E-state index in [1.807, 2.05) is 0 Å². The van der Waals surface area contributed by atoms with Gasteiger partial charge in [0.25, 0.3) is 0 Å². The Balaban J connectivity index is 2.57. The number of carboxylic acids is 1. The third kappa shape index (κ3) is 3.97. The number of halogens is 1. The molecule has 0 saturated carbocycles. The average Bonchev–Trinajstić information content (AvgIpc) is 2.34. The van der Waals surface area contributed by atoms with E-state index in [1.54, 1.807) is 13.1 Å². The van der Waals surface area contributed by atoms with Crippen molar-refractivity contribution in [3.05, 3.63) is 29.6 Å². The van der Waals surface area contributed by atoms with E-state index in [-0.39, 0.29) is 12.4 Å². The van der Waals surface area contributed by atoms with Crippen LogP contribution in [0.4, 0.5) is 4.39 Å². The highest BCUT2D eigenvalue weighted by atomic mass is 19.1. The first-order chi connectivity index (χ1) is 8.58. The van der Waals surface area contributed by atoms with Gasteiger partial charge in [0.2, 0.25) is 0 Å². The lowest BCUT2D eigenvalue weighted by Gasteiger charge is -2.13. The molecule has 0 aliphatic rings. The lowest BCUT2D eigenvalue weighted by atomic mass is 10.2. The zero-order valence-electron chi connectivity index (χ0n) is 10.4. The highest BCUT2D eigenvalue weighted by molar-refractivity contribution is 5.73. The maximum absolute atomic E-state index is 13.1. The van der Waals surface area contributed by atoms with E-state index in [9.17, 15) is 9.18 Å². The highest BCUT2D eigenvalue weighted by Crippen LogP contribution is 2.18. The average molecular weight is 256 g/mol. The summed E-state index contributed by atoms with van der Waals surface area (Å²) < 4.78 is 18.2. The molecule has 5 nitrogen and oxygen atoms in total. The summed E-state index contributed by atoms with van der Waals surface area (Å²) in [5.74, 6) is -0.715. The molecule has 0 aromatic heterocycles. The van der Waals surface area contributed by atoms with Crippen molar-refractivity contribution in [3.63, 3.8) is 0 Å². The van der Waals surface area contributed by atoms with Crippen LogP contribution in [-0.4, -0.2) is 37.8 Å². The molecular weight excluding hydrogens is 239 g/mol. The summed E-state index contributed by atoms with van der Waals surface area (Å²) in [4.78, 5) is 10.8. The van der Waals surface area contributed by atoms with Crippen molar-refractivity contribution < 1.29 is 19.0 Å². The first-order valence-corrected chi connectivity index (χ1v) is 5.51. The second-order valence-corrected chi connectivity index (χ2v) is 3.77. The summed E-state index contributed by atoms with van der Waals surface area (Å²) >= 11 is 0. The number of ether oxygens (including phenoxy) is 1. The van der Waals surface area contributed by atoms with Crippen molar-refractivity contribution in [2.75, 3.05) is 20.7 Å². The maximum atomic E-state index is 13.1. The van der Waals surface area contributed by atoms with Crippen LogP contribution in [0.2, 0.25) is 0 Å². The summed E-state index contributed by atoms with van der Waals surface area (Å²) in [7, 11) is 3.08. The summed E-state index contributed by atoms with van der Waals surface area (Å²) in [5, 5.41) is 14.4. The molecule has 0 radical (unpaired) electrons. The number of rotatable bonds is 7. The van der Waals surface area contributed by atoms with E-state index in [4.69, 9.17) is 9.84 Å². The number of hydrogen-bond donors (Lipinski definition) is 3. The van der Waals surface area contributed by atoms with Gasteiger partial charge in [0.15, 0.2) is 0 Å². The zero-order chi connectivity index (χ0) is 13.5. The number of methoxy groups -OCH3 is 1. The van der Waals surface area contributed by atoms with E-state index < -0.39 is 12.0 Å². The fourth-order valence-electron chi connectivity index (χ4n) is 1.55. The molecule has 0 amide bonds. The molecular formula is C12H17FN2O3. The first kappa shape index (κ1) is 14.4. The van der Waals surface area contributed by atoms with Crippen molar-refractivity contribution in [2.24, 2.45) is 0 Å². The van der Waals surface area contributed by atoms with Gasteiger partial charge in [0.05, 0.1) is 7.11 Å². The van der Waals surface area contributed by atoms with E-state index in [1.165, 1.54) is 19.2 Å². The largest absolute Gasteiger partial charge is 0.496 e. The van der Waals surface area contributed by atoms with Crippen LogP contribution in [0.15, 0.2) is 18.2 Å². The van der Waals surface area contributed by atoms with Gasteiger partial charge in [0.1, 0.15) is 17.6 Å². The normalized spacial score (nSPS) is 12.2. The Hall–Kier alpha value is -1.66. The minimum Gasteiger partial charge on any atom is -0.496 e. The Bertz CT molecular complexity index is 412. The first-order valence-electron chi connectivity index (χ1n) is 5.51. The molecule has 100 valence electrons. The van der Waals surface area contributed by atoms with Gasteiger partial charge in [-0.1, -0.05) is 0 Å². The Labute approximate surface area is 105 Å². The lowest BCUT2D eigenvalue weighted by molar-refractivity contribution is -0.139. The third-order valence-corrected chi connectivity index (χ3v) is 2.55. The maximum Gasteiger partial charge on any atom is 0.322 e. The molecule has 1 unspecified atom stereocenters. The lowest BCUT2D eigenvalue weighted by Crippen LogP contribution is -2.42. The molecule has 0 spiro atoms. The quantitative estimate of drug-likeness (QED) is 0.666. The molecule has 1 rings (SSSR count). The molecule has 18 heavy (non-hydrogen) atoms. The van der Waals surface area contributed by atoms with Crippen LogP contribution in [0.1, 0.15) is 5.56 Å². The molecule has 1 atom stereocenters. The second-order valence-electron chi connectivity index (χ2n) is 3.77. The molecule has 1 aromatic carbocycles. The second kappa shape index (κ2) is 6.93. The topological polar surface area (TPSA) is 70.6 Å². The molecule has 0 aliphatic carbocycles. The van der Waals surface area contributed by atoms with Crippen LogP contribution < -0.4 is 15.4 Å². The van der Waals surface area contributed by atoms with Gasteiger partial charge in [-0.2, -0.15) is 0 Å². The van der Waals surface area contributed by atoms with Crippen molar-refractivity contribution >= 4 is 5.97 Å². The minimum absolute atomic E-state index is 0.242. The van der Waals surface area contributed by atoms with Gasteiger partial charge in [-0.25, -0.2) is 4.39 Å². The number of likely N-dealkylation sites (N-methyl/N-ethyl adjacent to an activating group) is 1. The van der Waals surface area contributed by atoms with Crippen molar-refractivity contribution in [3.8, 4) is 5.75 Å². The van der Waals surface area contributed by atoms with Gasteiger partial charge in [-0.05, 0) is 25.2 Å². The molecule has 3 N–H and O–H groups in total. The number of carboxylic acid groups (broad SMARTS) is 1. The van der Waals surface area contributed by atoms with Gasteiger partial charge >= 0.3 is 5.97 Å². The van der Waals surface area contributed by atoms with Crippen LogP contribution >= 0.6 is 0 Å².